The molecule has 2 rings (SSSR count). The third-order valence-electron chi connectivity index (χ3n) is 6.33. The number of methoxy groups -OCH3 is 1. The molecule has 256 valence electrons. The van der Waals surface area contributed by atoms with Crippen molar-refractivity contribution in [1.82, 2.24) is 0 Å². The molecule has 1 aromatic carbocycles. The molecule has 0 saturated carbocycles. The van der Waals surface area contributed by atoms with E-state index in [0.717, 1.165) is 6.92 Å². The molecule has 19 heteroatoms. The van der Waals surface area contributed by atoms with Crippen molar-refractivity contribution in [2.24, 2.45) is 16.6 Å². The van der Waals surface area contributed by atoms with Gasteiger partial charge in [-0.05, 0) is 20.8 Å². The van der Waals surface area contributed by atoms with Crippen molar-refractivity contribution >= 4 is 29.6 Å². The van der Waals surface area contributed by atoms with Gasteiger partial charge in [0.1, 0.15) is 5.92 Å². The molecular formula is C27H31F5N2O12. The molecule has 46 heavy (non-hydrogen) atoms. The van der Waals surface area contributed by atoms with Gasteiger partial charge in [-0.2, -0.15) is 0 Å². The zero-order chi connectivity index (χ0) is 35.1. The molecule has 0 fully saturated rings. The van der Waals surface area contributed by atoms with Crippen LogP contribution in [0.25, 0.3) is 0 Å². The van der Waals surface area contributed by atoms with Crippen LogP contribution in [0.3, 0.4) is 0 Å². The Labute approximate surface area is 257 Å². The summed E-state index contributed by atoms with van der Waals surface area (Å²) < 4.78 is 101. The number of nitrogens with two attached hydrogens (primary N) is 1. The van der Waals surface area contributed by atoms with Crippen LogP contribution in [0, 0.1) is 35.0 Å². The van der Waals surface area contributed by atoms with Crippen LogP contribution in [0.5, 0.6) is 0 Å². The Morgan fingerprint density at radius 1 is 0.913 bits per heavy atom. The summed E-state index contributed by atoms with van der Waals surface area (Å²) >= 11 is 0. The molecule has 0 amide bonds. The molecule has 0 saturated heterocycles. The van der Waals surface area contributed by atoms with E-state index < -0.39 is 112 Å². The van der Waals surface area contributed by atoms with E-state index in [4.69, 9.17) is 24.7 Å². The monoisotopic (exact) mass is 670 g/mol. The predicted octanol–water partition coefficient (Wildman–Crippen LogP) is 0.954. The lowest BCUT2D eigenvalue weighted by Crippen LogP contribution is -2.58. The maximum Gasteiger partial charge on any atom is 0.339 e. The second kappa shape index (κ2) is 16.0. The molecular weight excluding hydrogens is 639 g/mol. The molecule has 0 aliphatic carbocycles. The van der Waals surface area contributed by atoms with Crippen molar-refractivity contribution in [3.05, 3.63) is 45.9 Å². The SMILES string of the molecule is COC(=O)C1C(C)=NC(COCCOCCN)=C(C(=O)OC(C)C)C1(OC(C(=O)O)C(O)C(=O)O)c1c(F)c(F)c(F)c(F)c1F. The zero-order valence-electron chi connectivity index (χ0n) is 24.8. The molecule has 14 nitrogen and oxygen atoms in total. The highest BCUT2D eigenvalue weighted by Gasteiger charge is 2.62. The topological polar surface area (TPSA) is 213 Å². The van der Waals surface area contributed by atoms with Crippen molar-refractivity contribution in [2.75, 3.05) is 40.1 Å². The molecule has 4 atom stereocenters. The first-order valence-electron chi connectivity index (χ1n) is 13.3. The predicted molar refractivity (Wildman–Crippen MR) is 142 cm³/mol. The maximum absolute atomic E-state index is 15.8. The third-order valence-corrected chi connectivity index (χ3v) is 6.33. The lowest BCUT2D eigenvalue weighted by atomic mass is 9.70. The number of carbonyl (C=O) groups is 4. The zero-order valence-corrected chi connectivity index (χ0v) is 24.8. The van der Waals surface area contributed by atoms with E-state index in [9.17, 15) is 47.7 Å². The average Bonchev–Trinajstić information content (AvgIpc) is 2.98. The summed E-state index contributed by atoms with van der Waals surface area (Å²) in [5, 5.41) is 29.4. The number of hydrogen-bond acceptors (Lipinski definition) is 12. The molecule has 1 heterocycles. The number of aliphatic carboxylic acids is 2. The number of aliphatic imine (C=N–C) groups is 1. The van der Waals surface area contributed by atoms with E-state index >= 15 is 8.78 Å². The van der Waals surface area contributed by atoms with Gasteiger partial charge in [-0.15, -0.1) is 0 Å². The van der Waals surface area contributed by atoms with Gasteiger partial charge < -0.3 is 44.7 Å². The minimum Gasteiger partial charge on any atom is -0.479 e. The van der Waals surface area contributed by atoms with Gasteiger partial charge in [-0.3, -0.25) is 9.79 Å². The summed E-state index contributed by atoms with van der Waals surface area (Å²) in [6.07, 6.45) is -7.36. The summed E-state index contributed by atoms with van der Waals surface area (Å²) in [5.41, 5.74) is -3.32. The number of aliphatic hydroxyl groups excluding tert-OH is 1. The van der Waals surface area contributed by atoms with Crippen molar-refractivity contribution < 1.29 is 80.1 Å². The lowest BCUT2D eigenvalue weighted by Gasteiger charge is -2.44. The van der Waals surface area contributed by atoms with Crippen LogP contribution < -0.4 is 5.73 Å². The van der Waals surface area contributed by atoms with E-state index in [2.05, 4.69) is 9.73 Å². The first-order valence-corrected chi connectivity index (χ1v) is 13.3. The molecule has 1 aromatic rings. The number of rotatable bonds is 16. The Balaban J connectivity index is 3.22. The van der Waals surface area contributed by atoms with E-state index in [0.29, 0.717) is 7.11 Å². The van der Waals surface area contributed by atoms with Crippen molar-refractivity contribution in [3.8, 4) is 0 Å². The maximum atomic E-state index is 15.8. The average molecular weight is 671 g/mol. The number of nitrogens with zero attached hydrogens (tertiary/aromatic N) is 1. The van der Waals surface area contributed by atoms with Crippen LogP contribution in [-0.2, 0) is 48.5 Å². The summed E-state index contributed by atoms with van der Waals surface area (Å²) in [5.74, 6) is -24.0. The van der Waals surface area contributed by atoms with Crippen molar-refractivity contribution in [2.45, 2.75) is 44.7 Å². The molecule has 1 aliphatic rings. The van der Waals surface area contributed by atoms with Crippen LogP contribution in [0.1, 0.15) is 26.3 Å². The molecule has 1 aliphatic heterocycles. The summed E-state index contributed by atoms with van der Waals surface area (Å²) in [6, 6.07) is 0. The Kier molecular flexibility index (Phi) is 13.3. The van der Waals surface area contributed by atoms with E-state index in [-0.39, 0.29) is 26.4 Å². The molecule has 4 unspecified atom stereocenters. The second-order valence-corrected chi connectivity index (χ2v) is 9.78. The largest absolute Gasteiger partial charge is 0.479 e. The molecule has 0 spiro atoms. The van der Waals surface area contributed by atoms with Gasteiger partial charge in [0.05, 0.1) is 56.5 Å². The van der Waals surface area contributed by atoms with Gasteiger partial charge >= 0.3 is 23.9 Å². The number of carboxylic acid groups (broad SMARTS) is 2. The fourth-order valence-electron chi connectivity index (χ4n) is 4.53. The molecule has 0 bridgehead atoms. The smallest absolute Gasteiger partial charge is 0.339 e. The van der Waals surface area contributed by atoms with E-state index in [1.807, 2.05) is 0 Å². The van der Waals surface area contributed by atoms with Gasteiger partial charge in [0.25, 0.3) is 0 Å². The first-order chi connectivity index (χ1) is 21.5. The van der Waals surface area contributed by atoms with E-state index in [1.165, 1.54) is 13.8 Å². The van der Waals surface area contributed by atoms with Crippen LogP contribution in [0.2, 0.25) is 0 Å². The van der Waals surface area contributed by atoms with Crippen LogP contribution in [-0.4, -0.2) is 103 Å². The minimum absolute atomic E-state index is 0.102. The van der Waals surface area contributed by atoms with Crippen molar-refractivity contribution in [1.29, 1.82) is 0 Å². The quantitative estimate of drug-likeness (QED) is 0.0635. The standard InChI is InChI=1S/C27H31F5N2O12/c1-10(2)45-26(41)14-12(9-44-8-7-43-6-5-33)34-11(3)13(25(40)42-4)27(14,46-22(24(38)39)21(35)23(36)37)15-16(28)18(30)20(32)19(31)17(15)29/h10,13,21-22,35H,5-9,33H2,1-4H3,(H,36,37)(H,38,39). The number of benzene rings is 1. The Morgan fingerprint density at radius 3 is 1.93 bits per heavy atom. The highest BCUT2D eigenvalue weighted by atomic mass is 19.2. The minimum atomic E-state index is -3.83. The number of halogens is 5. The second-order valence-electron chi connectivity index (χ2n) is 9.78. The highest BCUT2D eigenvalue weighted by molar-refractivity contribution is 6.08. The number of hydrogen-bond donors (Lipinski definition) is 4. The van der Waals surface area contributed by atoms with Crippen LogP contribution in [0.15, 0.2) is 16.3 Å². The van der Waals surface area contributed by atoms with Gasteiger partial charge in [0.2, 0.25) is 5.82 Å². The lowest BCUT2D eigenvalue weighted by molar-refractivity contribution is -0.196. The first kappa shape index (κ1) is 38.1. The Morgan fingerprint density at radius 2 is 1.46 bits per heavy atom. The summed E-state index contributed by atoms with van der Waals surface area (Å²) in [4.78, 5) is 55.0. The molecule has 5 N–H and O–H groups in total. The number of carboxylic acids is 2. The van der Waals surface area contributed by atoms with Crippen LogP contribution >= 0.6 is 0 Å². The summed E-state index contributed by atoms with van der Waals surface area (Å²) in [6.45, 7) is 2.54. The Hall–Kier alpha value is -4.04. The van der Waals surface area contributed by atoms with Gasteiger partial charge in [0.15, 0.2) is 41.1 Å². The van der Waals surface area contributed by atoms with Crippen molar-refractivity contribution in [3.63, 3.8) is 0 Å². The molecule has 0 radical (unpaired) electrons. The highest BCUT2D eigenvalue weighted by Crippen LogP contribution is 2.51. The number of ether oxygens (including phenoxy) is 5. The van der Waals surface area contributed by atoms with Gasteiger partial charge in [-0.1, -0.05) is 0 Å². The number of esters is 2. The van der Waals surface area contributed by atoms with Gasteiger partial charge in [0, 0.05) is 12.3 Å². The summed E-state index contributed by atoms with van der Waals surface area (Å²) in [7, 11) is 0.704. The normalized spacial score (nSPS) is 19.5. The van der Waals surface area contributed by atoms with Crippen LogP contribution in [0.4, 0.5) is 22.0 Å². The fourth-order valence-corrected chi connectivity index (χ4v) is 4.53. The number of aliphatic hydroxyl groups is 1. The van der Waals surface area contributed by atoms with Gasteiger partial charge in [-0.25, -0.2) is 36.3 Å². The number of carbonyl (C=O) groups excluding carboxylic acids is 2. The Bertz CT molecular complexity index is 1390. The fraction of sp³-hybridized carbons (Fsp3) is 0.519. The molecule has 0 aromatic heterocycles. The third kappa shape index (κ3) is 7.66. The van der Waals surface area contributed by atoms with E-state index in [1.54, 1.807) is 0 Å².